The summed E-state index contributed by atoms with van der Waals surface area (Å²) in [7, 11) is 0. The third kappa shape index (κ3) is 5.11. The van der Waals surface area contributed by atoms with Gasteiger partial charge in [-0.15, -0.1) is 11.8 Å². The van der Waals surface area contributed by atoms with Crippen LogP contribution in [0.3, 0.4) is 0 Å². The molecule has 0 bridgehead atoms. The summed E-state index contributed by atoms with van der Waals surface area (Å²) < 4.78 is 5.32. The minimum Gasteiger partial charge on any atom is -0.381 e. The van der Waals surface area contributed by atoms with Gasteiger partial charge in [-0.1, -0.05) is 12.1 Å². The molecule has 0 aliphatic heterocycles. The molecule has 17 heavy (non-hydrogen) atoms. The number of hydrogen-bond acceptors (Lipinski definition) is 3. The van der Waals surface area contributed by atoms with Gasteiger partial charge in [0.15, 0.2) is 0 Å². The second-order valence-electron chi connectivity index (χ2n) is 4.34. The zero-order valence-electron chi connectivity index (χ0n) is 10.4. The Morgan fingerprint density at radius 3 is 2.71 bits per heavy atom. The van der Waals surface area contributed by atoms with Crippen molar-refractivity contribution in [2.45, 2.75) is 37.2 Å². The van der Waals surface area contributed by atoms with Gasteiger partial charge in [0.1, 0.15) is 0 Å². The molecule has 2 nitrogen and oxygen atoms in total. The van der Waals surface area contributed by atoms with E-state index in [0.29, 0.717) is 0 Å². The monoisotopic (exact) mass is 251 g/mol. The smallest absolute Gasteiger partial charge is 0.0560 e. The number of ether oxygens (including phenoxy) is 1. The van der Waals surface area contributed by atoms with Crippen LogP contribution in [0.5, 0.6) is 0 Å². The molecule has 0 heterocycles. The summed E-state index contributed by atoms with van der Waals surface area (Å²) in [6, 6.07) is 9.65. The van der Waals surface area contributed by atoms with Crippen molar-refractivity contribution < 1.29 is 4.74 Å². The Bertz CT molecular complexity index is 321. The van der Waals surface area contributed by atoms with Crippen LogP contribution in [0.15, 0.2) is 29.2 Å². The van der Waals surface area contributed by atoms with Crippen molar-refractivity contribution in [3.05, 3.63) is 29.8 Å². The average Bonchev–Trinajstić information content (AvgIpc) is 3.18. The van der Waals surface area contributed by atoms with E-state index >= 15 is 0 Å². The third-order valence-electron chi connectivity index (χ3n) is 2.80. The molecule has 1 fully saturated rings. The summed E-state index contributed by atoms with van der Waals surface area (Å²) in [4.78, 5) is 1.33. The Kier molecular flexibility index (Phi) is 5.36. The normalized spacial score (nSPS) is 15.1. The van der Waals surface area contributed by atoms with Crippen LogP contribution in [-0.2, 0) is 11.3 Å². The van der Waals surface area contributed by atoms with Gasteiger partial charge in [0.25, 0.3) is 0 Å². The summed E-state index contributed by atoms with van der Waals surface area (Å²) in [6.45, 7) is 4.69. The van der Waals surface area contributed by atoms with Gasteiger partial charge in [-0.2, -0.15) is 0 Å². The lowest BCUT2D eigenvalue weighted by Gasteiger charge is -2.05. The Balaban J connectivity index is 1.68. The molecule has 1 aliphatic carbocycles. The molecule has 0 saturated heterocycles. The number of hydrogen-bond donors (Lipinski definition) is 1. The molecule has 3 heteroatoms. The first-order chi connectivity index (χ1) is 8.38. The Morgan fingerprint density at radius 2 is 2.06 bits per heavy atom. The van der Waals surface area contributed by atoms with Crippen molar-refractivity contribution in [3.8, 4) is 0 Å². The highest BCUT2D eigenvalue weighted by Gasteiger charge is 2.19. The van der Waals surface area contributed by atoms with E-state index in [2.05, 4.69) is 29.6 Å². The lowest BCUT2D eigenvalue weighted by molar-refractivity contribution is 0.164. The molecule has 1 saturated carbocycles. The van der Waals surface area contributed by atoms with Gasteiger partial charge < -0.3 is 10.1 Å². The zero-order chi connectivity index (χ0) is 11.9. The first-order valence-electron chi connectivity index (χ1n) is 6.41. The minimum absolute atomic E-state index is 0.787. The van der Waals surface area contributed by atoms with Crippen molar-refractivity contribution in [1.29, 1.82) is 0 Å². The lowest BCUT2D eigenvalue weighted by atomic mass is 10.2. The molecule has 2 rings (SSSR count). The highest BCUT2D eigenvalue weighted by atomic mass is 32.2. The molecule has 0 amide bonds. The summed E-state index contributed by atoms with van der Waals surface area (Å²) >= 11 is 1.86. The lowest BCUT2D eigenvalue weighted by Crippen LogP contribution is -2.14. The maximum absolute atomic E-state index is 5.32. The van der Waals surface area contributed by atoms with E-state index in [1.54, 1.807) is 0 Å². The van der Waals surface area contributed by atoms with Gasteiger partial charge in [0.05, 0.1) is 6.61 Å². The van der Waals surface area contributed by atoms with Crippen LogP contribution in [0.1, 0.15) is 25.3 Å². The first-order valence-corrected chi connectivity index (χ1v) is 7.40. The van der Waals surface area contributed by atoms with Crippen molar-refractivity contribution in [2.75, 3.05) is 19.0 Å². The van der Waals surface area contributed by atoms with Crippen LogP contribution < -0.4 is 5.32 Å². The van der Waals surface area contributed by atoms with E-state index < -0.39 is 0 Å². The summed E-state index contributed by atoms with van der Waals surface area (Å²) in [5, 5.41) is 3.53. The molecular weight excluding hydrogens is 230 g/mol. The van der Waals surface area contributed by atoms with E-state index in [1.807, 2.05) is 18.7 Å². The highest BCUT2D eigenvalue weighted by molar-refractivity contribution is 7.99. The molecule has 0 radical (unpaired) electrons. The van der Waals surface area contributed by atoms with Crippen LogP contribution in [0.4, 0.5) is 0 Å². The maximum Gasteiger partial charge on any atom is 0.0560 e. The molecular formula is C14H21NOS. The fourth-order valence-electron chi connectivity index (χ4n) is 1.62. The van der Waals surface area contributed by atoms with Crippen molar-refractivity contribution in [3.63, 3.8) is 0 Å². The van der Waals surface area contributed by atoms with E-state index in [4.69, 9.17) is 4.74 Å². The summed E-state index contributed by atoms with van der Waals surface area (Å²) in [6.07, 6.45) is 2.71. The minimum atomic E-state index is 0.787. The second-order valence-corrected chi connectivity index (χ2v) is 5.51. The first kappa shape index (κ1) is 12.9. The van der Waals surface area contributed by atoms with E-state index in [1.165, 1.54) is 23.3 Å². The van der Waals surface area contributed by atoms with Gasteiger partial charge in [-0.25, -0.2) is 0 Å². The van der Waals surface area contributed by atoms with Gasteiger partial charge in [-0.05, 0) is 37.5 Å². The number of benzene rings is 1. The highest BCUT2D eigenvalue weighted by Crippen LogP contribution is 2.21. The number of nitrogens with one attached hydrogen (secondary N) is 1. The van der Waals surface area contributed by atoms with Gasteiger partial charge in [0.2, 0.25) is 0 Å². The third-order valence-corrected chi connectivity index (χ3v) is 3.77. The number of rotatable bonds is 8. The maximum atomic E-state index is 5.32. The fourth-order valence-corrected chi connectivity index (χ4v) is 2.38. The predicted molar refractivity (Wildman–Crippen MR) is 73.5 cm³/mol. The predicted octanol–water partition coefficient (Wildman–Crippen LogP) is 3.07. The molecule has 1 aliphatic rings. The Hall–Kier alpha value is -0.510. The van der Waals surface area contributed by atoms with Crippen molar-refractivity contribution >= 4 is 11.8 Å². The van der Waals surface area contributed by atoms with Crippen LogP contribution in [0.2, 0.25) is 0 Å². The van der Waals surface area contributed by atoms with E-state index in [0.717, 1.165) is 31.6 Å². The summed E-state index contributed by atoms with van der Waals surface area (Å²) in [5.41, 5.74) is 1.38. The molecule has 1 N–H and O–H groups in total. The molecule has 1 aromatic rings. The van der Waals surface area contributed by atoms with Gasteiger partial charge in [0, 0.05) is 29.8 Å². The molecule has 94 valence electrons. The molecule has 0 atom stereocenters. The van der Waals surface area contributed by atoms with Crippen LogP contribution >= 0.6 is 11.8 Å². The molecule has 1 aromatic carbocycles. The zero-order valence-corrected chi connectivity index (χ0v) is 11.3. The molecule has 0 unspecified atom stereocenters. The van der Waals surface area contributed by atoms with Crippen LogP contribution in [-0.4, -0.2) is 25.0 Å². The fraction of sp³-hybridized carbons (Fsp3) is 0.571. The van der Waals surface area contributed by atoms with Crippen LogP contribution in [0, 0.1) is 0 Å². The number of thioether (sulfide) groups is 1. The van der Waals surface area contributed by atoms with Crippen LogP contribution in [0.25, 0.3) is 0 Å². The SMILES string of the molecule is CCOCCSc1ccc(CNC2CC2)cc1. The Morgan fingerprint density at radius 1 is 1.29 bits per heavy atom. The van der Waals surface area contributed by atoms with E-state index in [-0.39, 0.29) is 0 Å². The summed E-state index contributed by atoms with van der Waals surface area (Å²) in [5.74, 6) is 1.04. The van der Waals surface area contributed by atoms with Crippen molar-refractivity contribution in [2.24, 2.45) is 0 Å². The van der Waals surface area contributed by atoms with Gasteiger partial charge in [-0.3, -0.25) is 0 Å². The van der Waals surface area contributed by atoms with E-state index in [9.17, 15) is 0 Å². The molecule has 0 spiro atoms. The van der Waals surface area contributed by atoms with Gasteiger partial charge >= 0.3 is 0 Å². The Labute approximate surface area is 108 Å². The molecule has 0 aromatic heterocycles. The van der Waals surface area contributed by atoms with Crippen molar-refractivity contribution in [1.82, 2.24) is 5.32 Å². The average molecular weight is 251 g/mol. The standard InChI is InChI=1S/C14H21NOS/c1-2-16-9-10-17-14-7-3-12(4-8-14)11-15-13-5-6-13/h3-4,7-8,13,15H,2,5-6,9-11H2,1H3. The topological polar surface area (TPSA) is 21.3 Å². The quantitative estimate of drug-likeness (QED) is 0.567. The largest absolute Gasteiger partial charge is 0.381 e. The second kappa shape index (κ2) is 7.04.